The molecule has 7 nitrogen and oxygen atoms in total. The minimum atomic E-state index is -0.220. The molecule has 3 rings (SSSR count). The maximum absolute atomic E-state index is 12.6. The molecule has 160 valence electrons. The van der Waals surface area contributed by atoms with E-state index in [1.54, 1.807) is 14.2 Å². The zero-order valence-corrected chi connectivity index (χ0v) is 18.9. The minimum absolute atomic E-state index is 0.0198. The van der Waals surface area contributed by atoms with Gasteiger partial charge in [0.25, 0.3) is 0 Å². The number of nitrogens with one attached hydrogen (secondary N) is 1. The topological polar surface area (TPSA) is 65.1 Å². The van der Waals surface area contributed by atoms with Crippen molar-refractivity contribution in [1.82, 2.24) is 9.80 Å². The Kier molecular flexibility index (Phi) is 7.70. The third-order valence-electron chi connectivity index (χ3n) is 5.12. The van der Waals surface area contributed by atoms with Gasteiger partial charge in [-0.2, -0.15) is 0 Å². The molecule has 8 heteroatoms. The van der Waals surface area contributed by atoms with E-state index < -0.39 is 0 Å². The molecular formula is C22H27BrN4O3. The Bertz CT molecular complexity index is 867. The highest BCUT2D eigenvalue weighted by Crippen LogP contribution is 2.21. The highest BCUT2D eigenvalue weighted by Gasteiger charge is 2.21. The summed E-state index contributed by atoms with van der Waals surface area (Å²) in [6, 6.07) is 15.4. The van der Waals surface area contributed by atoms with Gasteiger partial charge in [-0.05, 0) is 52.3 Å². The van der Waals surface area contributed by atoms with Crippen molar-refractivity contribution in [2.75, 3.05) is 63.6 Å². The van der Waals surface area contributed by atoms with Crippen molar-refractivity contribution in [3.05, 3.63) is 53.0 Å². The van der Waals surface area contributed by atoms with E-state index in [2.05, 4.69) is 43.2 Å². The number of hydrogen-bond donors (Lipinski definition) is 1. The quantitative estimate of drug-likeness (QED) is 0.668. The lowest BCUT2D eigenvalue weighted by atomic mass is 10.2. The molecule has 2 amide bonds. The molecule has 0 atom stereocenters. The Morgan fingerprint density at radius 1 is 1.07 bits per heavy atom. The van der Waals surface area contributed by atoms with E-state index in [-0.39, 0.29) is 18.4 Å². The van der Waals surface area contributed by atoms with Gasteiger partial charge >= 0.3 is 0 Å². The van der Waals surface area contributed by atoms with Crippen molar-refractivity contribution in [3.63, 3.8) is 0 Å². The summed E-state index contributed by atoms with van der Waals surface area (Å²) < 4.78 is 6.01. The van der Waals surface area contributed by atoms with Crippen LogP contribution >= 0.6 is 15.9 Å². The number of carbonyl (C=O) groups is 2. The lowest BCUT2D eigenvalue weighted by Gasteiger charge is -2.36. The van der Waals surface area contributed by atoms with Crippen molar-refractivity contribution in [1.29, 1.82) is 0 Å². The van der Waals surface area contributed by atoms with Gasteiger partial charge in [0, 0.05) is 43.4 Å². The second-order valence-corrected chi connectivity index (χ2v) is 8.09. The largest absolute Gasteiger partial charge is 0.497 e. The average Bonchev–Trinajstić information content (AvgIpc) is 2.76. The summed E-state index contributed by atoms with van der Waals surface area (Å²) in [6.45, 7) is 3.64. The molecule has 0 aliphatic carbocycles. The SMILES string of the molecule is COc1ccc(N2CCN(CC(=O)N(C)CC(=O)Nc3ccccc3Br)CC2)cc1. The fourth-order valence-corrected chi connectivity index (χ4v) is 3.71. The van der Waals surface area contributed by atoms with Gasteiger partial charge in [-0.25, -0.2) is 0 Å². The fraction of sp³-hybridized carbons (Fsp3) is 0.364. The molecule has 0 aromatic heterocycles. The van der Waals surface area contributed by atoms with Crippen LogP contribution in [0.2, 0.25) is 0 Å². The Morgan fingerprint density at radius 2 is 1.73 bits per heavy atom. The molecule has 2 aromatic carbocycles. The van der Waals surface area contributed by atoms with Gasteiger partial charge in [-0.3, -0.25) is 14.5 Å². The molecule has 0 spiro atoms. The maximum Gasteiger partial charge on any atom is 0.244 e. The van der Waals surface area contributed by atoms with Crippen LogP contribution in [-0.4, -0.2) is 75.0 Å². The molecule has 0 radical (unpaired) electrons. The summed E-state index contributed by atoms with van der Waals surface area (Å²) in [6.07, 6.45) is 0. The van der Waals surface area contributed by atoms with Crippen molar-refractivity contribution in [3.8, 4) is 5.75 Å². The number of nitrogens with zero attached hydrogens (tertiary/aromatic N) is 3. The number of piperazine rings is 1. The number of benzene rings is 2. The van der Waals surface area contributed by atoms with Gasteiger partial charge in [0.05, 0.1) is 25.9 Å². The van der Waals surface area contributed by atoms with Crippen LogP contribution < -0.4 is 15.0 Å². The standard InChI is InChI=1S/C22H27BrN4O3/c1-25(15-21(28)24-20-6-4-3-5-19(20)23)22(29)16-26-11-13-27(14-12-26)17-7-9-18(30-2)10-8-17/h3-10H,11-16H2,1-2H3,(H,24,28). The van der Waals surface area contributed by atoms with Crippen molar-refractivity contribution >= 4 is 39.1 Å². The summed E-state index contributed by atoms with van der Waals surface area (Å²) in [7, 11) is 3.32. The molecule has 1 aliphatic heterocycles. The monoisotopic (exact) mass is 474 g/mol. The number of likely N-dealkylation sites (N-methyl/N-ethyl adjacent to an activating group) is 1. The molecular weight excluding hydrogens is 448 g/mol. The smallest absolute Gasteiger partial charge is 0.244 e. The zero-order valence-electron chi connectivity index (χ0n) is 17.3. The van der Waals surface area contributed by atoms with E-state index in [9.17, 15) is 9.59 Å². The van der Waals surface area contributed by atoms with Gasteiger partial charge in [-0.1, -0.05) is 12.1 Å². The van der Waals surface area contributed by atoms with E-state index in [4.69, 9.17) is 4.74 Å². The lowest BCUT2D eigenvalue weighted by molar-refractivity contribution is -0.134. The predicted molar refractivity (Wildman–Crippen MR) is 122 cm³/mol. The lowest BCUT2D eigenvalue weighted by Crippen LogP contribution is -2.50. The first-order chi connectivity index (χ1) is 14.5. The molecule has 1 N–H and O–H groups in total. The first kappa shape index (κ1) is 22.1. The normalized spacial score (nSPS) is 14.3. The summed E-state index contributed by atoms with van der Waals surface area (Å²) in [5, 5.41) is 2.82. The molecule has 30 heavy (non-hydrogen) atoms. The molecule has 1 fully saturated rings. The molecule has 1 saturated heterocycles. The second-order valence-electron chi connectivity index (χ2n) is 7.24. The van der Waals surface area contributed by atoms with Gasteiger partial charge in [0.1, 0.15) is 5.75 Å². The number of hydrogen-bond acceptors (Lipinski definition) is 5. The van der Waals surface area contributed by atoms with E-state index in [1.807, 2.05) is 36.4 Å². The minimum Gasteiger partial charge on any atom is -0.497 e. The maximum atomic E-state index is 12.6. The fourth-order valence-electron chi connectivity index (χ4n) is 3.33. The van der Waals surface area contributed by atoms with Crippen LogP contribution in [0.4, 0.5) is 11.4 Å². The predicted octanol–water partition coefficient (Wildman–Crippen LogP) is 2.68. The number of rotatable bonds is 7. The number of carbonyl (C=O) groups excluding carboxylic acids is 2. The molecule has 1 aliphatic rings. The Morgan fingerprint density at radius 3 is 2.37 bits per heavy atom. The van der Waals surface area contributed by atoms with Crippen LogP contribution in [0, 0.1) is 0 Å². The van der Waals surface area contributed by atoms with Crippen molar-refractivity contribution in [2.24, 2.45) is 0 Å². The Labute approximate surface area is 185 Å². The van der Waals surface area contributed by atoms with E-state index in [0.717, 1.165) is 42.1 Å². The highest BCUT2D eigenvalue weighted by atomic mass is 79.9. The third-order valence-corrected chi connectivity index (χ3v) is 5.81. The van der Waals surface area contributed by atoms with Gasteiger partial charge in [0.15, 0.2) is 0 Å². The Hall–Kier alpha value is -2.58. The van der Waals surface area contributed by atoms with E-state index in [0.29, 0.717) is 12.2 Å². The van der Waals surface area contributed by atoms with Crippen LogP contribution in [0.25, 0.3) is 0 Å². The third kappa shape index (κ3) is 5.96. The molecule has 0 bridgehead atoms. The van der Waals surface area contributed by atoms with Crippen LogP contribution in [0.15, 0.2) is 53.0 Å². The summed E-state index contributed by atoms with van der Waals surface area (Å²) in [4.78, 5) is 30.7. The van der Waals surface area contributed by atoms with Crippen LogP contribution in [0.1, 0.15) is 0 Å². The number of amides is 2. The summed E-state index contributed by atoms with van der Waals surface area (Å²) in [5.74, 6) is 0.562. The second kappa shape index (κ2) is 10.4. The van der Waals surface area contributed by atoms with Crippen LogP contribution in [0.3, 0.4) is 0 Å². The molecule has 0 unspecified atom stereocenters. The van der Waals surface area contributed by atoms with Gasteiger partial charge in [-0.15, -0.1) is 0 Å². The van der Waals surface area contributed by atoms with Crippen molar-refractivity contribution in [2.45, 2.75) is 0 Å². The number of methoxy groups -OCH3 is 1. The molecule has 0 saturated carbocycles. The number of anilines is 2. The van der Waals surface area contributed by atoms with Crippen molar-refractivity contribution < 1.29 is 14.3 Å². The van der Waals surface area contributed by atoms with E-state index >= 15 is 0 Å². The number of para-hydroxylation sites is 1. The average molecular weight is 475 g/mol. The zero-order chi connectivity index (χ0) is 21.5. The first-order valence-corrected chi connectivity index (χ1v) is 10.7. The number of ether oxygens (including phenoxy) is 1. The van der Waals surface area contributed by atoms with E-state index in [1.165, 1.54) is 4.90 Å². The van der Waals surface area contributed by atoms with Crippen LogP contribution in [-0.2, 0) is 9.59 Å². The van der Waals surface area contributed by atoms with Crippen LogP contribution in [0.5, 0.6) is 5.75 Å². The summed E-state index contributed by atoms with van der Waals surface area (Å²) >= 11 is 3.40. The summed E-state index contributed by atoms with van der Waals surface area (Å²) in [5.41, 5.74) is 1.85. The van der Waals surface area contributed by atoms with Gasteiger partial charge in [0.2, 0.25) is 11.8 Å². The van der Waals surface area contributed by atoms with Gasteiger partial charge < -0.3 is 19.9 Å². The number of halogens is 1. The molecule has 2 aromatic rings. The first-order valence-electron chi connectivity index (χ1n) is 9.86. The Balaban J connectivity index is 1.43. The molecule has 1 heterocycles. The highest BCUT2D eigenvalue weighted by molar-refractivity contribution is 9.10.